The highest BCUT2D eigenvalue weighted by Crippen LogP contribution is 2.20. The summed E-state index contributed by atoms with van der Waals surface area (Å²) in [6, 6.07) is 0. The second-order valence-corrected chi connectivity index (χ2v) is 3.05. The van der Waals surface area contributed by atoms with Gasteiger partial charge in [-0.1, -0.05) is 19.1 Å². The standard InChI is InChI=1S/C9H14O2/c1-3-4-8-5-7(2)9(10)11-6-8/h3-4,7-8H,5-6H2,1-2H3/b4-3+. The molecule has 62 valence electrons. The van der Waals surface area contributed by atoms with Crippen LogP contribution in [-0.2, 0) is 9.53 Å². The molecule has 0 saturated carbocycles. The van der Waals surface area contributed by atoms with Crippen LogP contribution in [0.15, 0.2) is 12.2 Å². The van der Waals surface area contributed by atoms with E-state index in [4.69, 9.17) is 4.74 Å². The van der Waals surface area contributed by atoms with Gasteiger partial charge in [0.05, 0.1) is 12.5 Å². The Labute approximate surface area is 67.2 Å². The first-order valence-electron chi connectivity index (χ1n) is 4.03. The van der Waals surface area contributed by atoms with Crippen LogP contribution in [0.3, 0.4) is 0 Å². The van der Waals surface area contributed by atoms with Crippen molar-refractivity contribution >= 4 is 5.97 Å². The van der Waals surface area contributed by atoms with Crippen molar-refractivity contribution in [3.05, 3.63) is 12.2 Å². The van der Waals surface area contributed by atoms with Crippen LogP contribution in [0.4, 0.5) is 0 Å². The van der Waals surface area contributed by atoms with Gasteiger partial charge >= 0.3 is 5.97 Å². The van der Waals surface area contributed by atoms with E-state index in [-0.39, 0.29) is 11.9 Å². The first-order chi connectivity index (χ1) is 5.24. The number of cyclic esters (lactones) is 1. The van der Waals surface area contributed by atoms with Crippen LogP contribution in [0.25, 0.3) is 0 Å². The van der Waals surface area contributed by atoms with Crippen LogP contribution in [0.5, 0.6) is 0 Å². The lowest BCUT2D eigenvalue weighted by molar-refractivity contribution is -0.154. The summed E-state index contributed by atoms with van der Waals surface area (Å²) in [6.07, 6.45) is 5.04. The van der Waals surface area contributed by atoms with E-state index >= 15 is 0 Å². The van der Waals surface area contributed by atoms with Crippen LogP contribution < -0.4 is 0 Å². The molecular weight excluding hydrogens is 140 g/mol. The molecule has 1 saturated heterocycles. The lowest BCUT2D eigenvalue weighted by Gasteiger charge is -2.23. The number of ether oxygens (including phenoxy) is 1. The highest BCUT2D eigenvalue weighted by atomic mass is 16.5. The largest absolute Gasteiger partial charge is 0.465 e. The van der Waals surface area contributed by atoms with Crippen molar-refractivity contribution < 1.29 is 9.53 Å². The van der Waals surface area contributed by atoms with Gasteiger partial charge in [-0.25, -0.2) is 0 Å². The van der Waals surface area contributed by atoms with Crippen molar-refractivity contribution in [3.8, 4) is 0 Å². The van der Waals surface area contributed by atoms with E-state index in [0.717, 1.165) is 6.42 Å². The Bertz CT molecular complexity index is 172. The third-order valence-electron chi connectivity index (χ3n) is 1.96. The minimum atomic E-state index is -0.0502. The van der Waals surface area contributed by atoms with Gasteiger partial charge in [-0.05, 0) is 13.3 Å². The number of allylic oxidation sites excluding steroid dienone is 1. The average Bonchev–Trinajstić information content (AvgIpc) is 1.98. The molecule has 0 aromatic heterocycles. The molecule has 0 aromatic carbocycles. The molecule has 1 aliphatic rings. The van der Waals surface area contributed by atoms with Crippen LogP contribution in [0, 0.1) is 11.8 Å². The first kappa shape index (κ1) is 8.31. The van der Waals surface area contributed by atoms with E-state index in [2.05, 4.69) is 6.08 Å². The van der Waals surface area contributed by atoms with Gasteiger partial charge in [-0.3, -0.25) is 4.79 Å². The summed E-state index contributed by atoms with van der Waals surface area (Å²) in [6.45, 7) is 4.46. The summed E-state index contributed by atoms with van der Waals surface area (Å²) in [7, 11) is 0. The van der Waals surface area contributed by atoms with E-state index < -0.39 is 0 Å². The smallest absolute Gasteiger partial charge is 0.308 e. The number of rotatable bonds is 1. The maximum absolute atomic E-state index is 10.9. The summed E-state index contributed by atoms with van der Waals surface area (Å²) < 4.78 is 4.97. The molecule has 1 fully saturated rings. The Morgan fingerprint density at radius 3 is 2.91 bits per heavy atom. The molecule has 0 N–H and O–H groups in total. The lowest BCUT2D eigenvalue weighted by Crippen LogP contribution is -2.27. The van der Waals surface area contributed by atoms with Gasteiger partial charge in [0.15, 0.2) is 0 Å². The van der Waals surface area contributed by atoms with E-state index in [1.54, 1.807) is 0 Å². The first-order valence-corrected chi connectivity index (χ1v) is 4.03. The Hall–Kier alpha value is -0.790. The molecule has 2 unspecified atom stereocenters. The van der Waals surface area contributed by atoms with Crippen LogP contribution in [0.1, 0.15) is 20.3 Å². The minimum Gasteiger partial charge on any atom is -0.465 e. The summed E-state index contributed by atoms with van der Waals surface area (Å²) in [5, 5.41) is 0. The fourth-order valence-electron chi connectivity index (χ4n) is 1.36. The highest BCUT2D eigenvalue weighted by molar-refractivity contribution is 5.72. The van der Waals surface area contributed by atoms with Gasteiger partial charge in [-0.15, -0.1) is 0 Å². The summed E-state index contributed by atoms with van der Waals surface area (Å²) in [4.78, 5) is 10.9. The van der Waals surface area contributed by atoms with Gasteiger partial charge in [0.1, 0.15) is 0 Å². The third-order valence-corrected chi connectivity index (χ3v) is 1.96. The molecule has 2 atom stereocenters. The fourth-order valence-corrected chi connectivity index (χ4v) is 1.36. The molecule has 0 bridgehead atoms. The SMILES string of the molecule is C/C=C/C1COC(=O)C(C)C1. The Morgan fingerprint density at radius 2 is 2.36 bits per heavy atom. The van der Waals surface area contributed by atoms with Crippen molar-refractivity contribution in [2.24, 2.45) is 11.8 Å². The Kier molecular flexibility index (Phi) is 2.69. The van der Waals surface area contributed by atoms with Crippen molar-refractivity contribution in [3.63, 3.8) is 0 Å². The predicted molar refractivity (Wildman–Crippen MR) is 43.0 cm³/mol. The Balaban J connectivity index is 2.46. The molecule has 1 heterocycles. The Morgan fingerprint density at radius 1 is 1.64 bits per heavy atom. The summed E-state index contributed by atoms with van der Waals surface area (Å²) in [5.41, 5.74) is 0. The van der Waals surface area contributed by atoms with Gasteiger partial charge in [-0.2, -0.15) is 0 Å². The third kappa shape index (κ3) is 2.07. The lowest BCUT2D eigenvalue weighted by atomic mass is 9.94. The quantitative estimate of drug-likeness (QED) is 0.425. The number of hydrogen-bond donors (Lipinski definition) is 0. The monoisotopic (exact) mass is 154 g/mol. The zero-order chi connectivity index (χ0) is 8.27. The van der Waals surface area contributed by atoms with Gasteiger partial charge in [0, 0.05) is 5.92 Å². The maximum atomic E-state index is 10.9. The molecule has 0 radical (unpaired) electrons. The zero-order valence-electron chi connectivity index (χ0n) is 7.04. The zero-order valence-corrected chi connectivity index (χ0v) is 7.04. The highest BCUT2D eigenvalue weighted by Gasteiger charge is 2.24. The number of carbonyl (C=O) groups is 1. The van der Waals surface area contributed by atoms with Gasteiger partial charge < -0.3 is 4.74 Å². The molecule has 0 amide bonds. The molecule has 2 nitrogen and oxygen atoms in total. The van der Waals surface area contributed by atoms with E-state index in [9.17, 15) is 4.79 Å². The number of esters is 1. The van der Waals surface area contributed by atoms with Crippen molar-refractivity contribution in [1.82, 2.24) is 0 Å². The average molecular weight is 154 g/mol. The van der Waals surface area contributed by atoms with Crippen LogP contribution in [0.2, 0.25) is 0 Å². The number of carbonyl (C=O) groups excluding carboxylic acids is 1. The topological polar surface area (TPSA) is 26.3 Å². The van der Waals surface area contributed by atoms with Crippen LogP contribution >= 0.6 is 0 Å². The normalized spacial score (nSPS) is 32.4. The second kappa shape index (κ2) is 3.56. The minimum absolute atomic E-state index is 0.0502. The molecule has 0 spiro atoms. The van der Waals surface area contributed by atoms with Crippen molar-refractivity contribution in [2.75, 3.05) is 6.61 Å². The molecule has 1 aliphatic heterocycles. The fraction of sp³-hybridized carbons (Fsp3) is 0.667. The molecule has 0 aliphatic carbocycles. The predicted octanol–water partition coefficient (Wildman–Crippen LogP) is 1.76. The molecule has 11 heavy (non-hydrogen) atoms. The number of hydrogen-bond acceptors (Lipinski definition) is 2. The molecule has 1 rings (SSSR count). The van der Waals surface area contributed by atoms with Gasteiger partial charge in [0.25, 0.3) is 0 Å². The second-order valence-electron chi connectivity index (χ2n) is 3.05. The summed E-state index contributed by atoms with van der Waals surface area (Å²) in [5.74, 6) is 0.461. The van der Waals surface area contributed by atoms with E-state index in [0.29, 0.717) is 12.5 Å². The van der Waals surface area contributed by atoms with E-state index in [1.165, 1.54) is 0 Å². The van der Waals surface area contributed by atoms with Crippen LogP contribution in [-0.4, -0.2) is 12.6 Å². The van der Waals surface area contributed by atoms with E-state index in [1.807, 2.05) is 19.9 Å². The molecule has 2 heteroatoms. The molecule has 0 aromatic rings. The van der Waals surface area contributed by atoms with Crippen molar-refractivity contribution in [1.29, 1.82) is 0 Å². The molecular formula is C9H14O2. The van der Waals surface area contributed by atoms with Gasteiger partial charge in [0.2, 0.25) is 0 Å². The summed E-state index contributed by atoms with van der Waals surface area (Å²) >= 11 is 0. The van der Waals surface area contributed by atoms with Crippen molar-refractivity contribution in [2.45, 2.75) is 20.3 Å². The maximum Gasteiger partial charge on any atom is 0.308 e.